The maximum atomic E-state index is 12.3. The standard InChI is InChI=1S/C19H20N4OS2/c1-12-9-13(2)17(14(3)10-12)21-16(24)11-25-19-23-22-18(26-19)20-15-7-5-4-6-8-15/h4-10H,11H2,1-3H3,(H,20,22)(H,21,24). The fourth-order valence-corrected chi connectivity index (χ4v) is 4.22. The number of carbonyl (C=O) groups excluding carboxylic acids is 1. The van der Waals surface area contributed by atoms with Gasteiger partial charge in [0, 0.05) is 11.4 Å². The lowest BCUT2D eigenvalue weighted by Crippen LogP contribution is -2.15. The SMILES string of the molecule is Cc1cc(C)c(NC(=O)CSc2nnc(Nc3ccccc3)s2)c(C)c1. The van der Waals surface area contributed by atoms with Gasteiger partial charge in [-0.25, -0.2) is 0 Å². The highest BCUT2D eigenvalue weighted by molar-refractivity contribution is 8.01. The Hall–Kier alpha value is -2.38. The molecule has 3 rings (SSSR count). The molecule has 0 aliphatic rings. The monoisotopic (exact) mass is 384 g/mol. The fraction of sp³-hybridized carbons (Fsp3) is 0.211. The normalized spacial score (nSPS) is 10.6. The first kappa shape index (κ1) is 18.4. The Balaban J connectivity index is 1.55. The molecule has 0 aliphatic heterocycles. The van der Waals surface area contributed by atoms with Gasteiger partial charge in [0.1, 0.15) is 0 Å². The molecule has 134 valence electrons. The molecule has 1 amide bonds. The highest BCUT2D eigenvalue weighted by atomic mass is 32.2. The number of nitrogens with zero attached hydrogens (tertiary/aromatic N) is 2. The van der Waals surface area contributed by atoms with Crippen LogP contribution >= 0.6 is 23.1 Å². The Morgan fingerprint density at radius 3 is 2.46 bits per heavy atom. The number of aromatic nitrogens is 2. The third kappa shape index (κ3) is 4.83. The first-order valence-electron chi connectivity index (χ1n) is 8.17. The molecule has 3 aromatic rings. The van der Waals surface area contributed by atoms with E-state index in [1.807, 2.05) is 44.2 Å². The maximum Gasteiger partial charge on any atom is 0.234 e. The van der Waals surface area contributed by atoms with E-state index in [0.717, 1.165) is 26.8 Å². The number of para-hydroxylation sites is 1. The summed E-state index contributed by atoms with van der Waals surface area (Å²) in [6.45, 7) is 6.07. The van der Waals surface area contributed by atoms with Crippen LogP contribution in [-0.4, -0.2) is 21.9 Å². The topological polar surface area (TPSA) is 66.9 Å². The second-order valence-corrected chi connectivity index (χ2v) is 8.17. The molecule has 2 N–H and O–H groups in total. The molecule has 0 bridgehead atoms. The van der Waals surface area contributed by atoms with E-state index in [9.17, 15) is 4.79 Å². The largest absolute Gasteiger partial charge is 0.330 e. The molecule has 0 saturated carbocycles. The summed E-state index contributed by atoms with van der Waals surface area (Å²) in [4.78, 5) is 12.3. The summed E-state index contributed by atoms with van der Waals surface area (Å²) in [7, 11) is 0. The van der Waals surface area contributed by atoms with Gasteiger partial charge in [0.05, 0.1) is 5.75 Å². The number of thioether (sulfide) groups is 1. The minimum atomic E-state index is -0.0437. The number of anilines is 3. The van der Waals surface area contributed by atoms with Crippen LogP contribution in [0.2, 0.25) is 0 Å². The first-order chi connectivity index (χ1) is 12.5. The molecule has 0 atom stereocenters. The molecule has 0 fully saturated rings. The summed E-state index contributed by atoms with van der Waals surface area (Å²) < 4.78 is 0.760. The molecule has 0 saturated heterocycles. The lowest BCUT2D eigenvalue weighted by Gasteiger charge is -2.12. The number of rotatable bonds is 6. The van der Waals surface area contributed by atoms with Crippen molar-refractivity contribution in [3.8, 4) is 0 Å². The average Bonchev–Trinajstić information content (AvgIpc) is 3.04. The molecule has 5 nitrogen and oxygen atoms in total. The maximum absolute atomic E-state index is 12.3. The molecule has 2 aromatic carbocycles. The smallest absolute Gasteiger partial charge is 0.234 e. The summed E-state index contributed by atoms with van der Waals surface area (Å²) in [6.07, 6.45) is 0. The van der Waals surface area contributed by atoms with Gasteiger partial charge < -0.3 is 10.6 Å². The summed E-state index contributed by atoms with van der Waals surface area (Å²) in [5.41, 5.74) is 5.20. The number of hydrogen-bond donors (Lipinski definition) is 2. The Labute approximate surface area is 161 Å². The zero-order valence-electron chi connectivity index (χ0n) is 14.9. The number of hydrogen-bond acceptors (Lipinski definition) is 6. The van der Waals surface area contributed by atoms with Gasteiger partial charge in [-0.05, 0) is 44.0 Å². The molecule has 1 aromatic heterocycles. The van der Waals surface area contributed by atoms with Crippen LogP contribution in [0.1, 0.15) is 16.7 Å². The van der Waals surface area contributed by atoms with Gasteiger partial charge in [0.15, 0.2) is 4.34 Å². The van der Waals surface area contributed by atoms with Crippen molar-refractivity contribution in [1.82, 2.24) is 10.2 Å². The van der Waals surface area contributed by atoms with Crippen LogP contribution in [0.3, 0.4) is 0 Å². The Bertz CT molecular complexity index is 886. The quantitative estimate of drug-likeness (QED) is 0.589. The number of amides is 1. The molecule has 26 heavy (non-hydrogen) atoms. The van der Waals surface area contributed by atoms with Crippen LogP contribution < -0.4 is 10.6 Å². The minimum absolute atomic E-state index is 0.0437. The lowest BCUT2D eigenvalue weighted by atomic mass is 10.1. The van der Waals surface area contributed by atoms with Crippen molar-refractivity contribution in [3.05, 3.63) is 59.2 Å². The number of nitrogens with one attached hydrogen (secondary N) is 2. The number of carbonyl (C=O) groups is 1. The fourth-order valence-electron chi connectivity index (χ4n) is 2.64. The average molecular weight is 385 g/mol. The van der Waals surface area contributed by atoms with Gasteiger partial charge in [-0.2, -0.15) is 0 Å². The van der Waals surface area contributed by atoms with Crippen LogP contribution in [0.4, 0.5) is 16.5 Å². The van der Waals surface area contributed by atoms with E-state index in [1.165, 1.54) is 28.7 Å². The molecule has 1 heterocycles. The highest BCUT2D eigenvalue weighted by Crippen LogP contribution is 2.28. The second-order valence-electron chi connectivity index (χ2n) is 5.97. The molecule has 0 aliphatic carbocycles. The molecule has 0 spiro atoms. The van der Waals surface area contributed by atoms with Crippen molar-refractivity contribution >= 4 is 45.5 Å². The van der Waals surface area contributed by atoms with E-state index in [2.05, 4.69) is 39.9 Å². The Kier molecular flexibility index (Phi) is 5.90. The lowest BCUT2D eigenvalue weighted by molar-refractivity contribution is -0.113. The number of benzene rings is 2. The van der Waals surface area contributed by atoms with Crippen LogP contribution in [-0.2, 0) is 4.79 Å². The van der Waals surface area contributed by atoms with Gasteiger partial charge in [-0.1, -0.05) is 59.0 Å². The van der Waals surface area contributed by atoms with E-state index >= 15 is 0 Å². The van der Waals surface area contributed by atoms with Crippen LogP contribution in [0.15, 0.2) is 46.8 Å². The first-order valence-corrected chi connectivity index (χ1v) is 9.97. The third-order valence-corrected chi connectivity index (χ3v) is 5.67. The predicted octanol–water partition coefficient (Wildman–Crippen LogP) is 4.94. The van der Waals surface area contributed by atoms with E-state index in [0.29, 0.717) is 10.9 Å². The highest BCUT2D eigenvalue weighted by Gasteiger charge is 2.11. The predicted molar refractivity (Wildman–Crippen MR) is 110 cm³/mol. The van der Waals surface area contributed by atoms with Crippen molar-refractivity contribution in [1.29, 1.82) is 0 Å². The van der Waals surface area contributed by atoms with Gasteiger partial charge in [0.25, 0.3) is 0 Å². The summed E-state index contributed by atoms with van der Waals surface area (Å²) in [5, 5.41) is 15.2. The van der Waals surface area contributed by atoms with Crippen molar-refractivity contribution in [2.24, 2.45) is 0 Å². The van der Waals surface area contributed by atoms with Crippen LogP contribution in [0, 0.1) is 20.8 Å². The van der Waals surface area contributed by atoms with Crippen molar-refractivity contribution < 1.29 is 4.79 Å². The minimum Gasteiger partial charge on any atom is -0.330 e. The van der Waals surface area contributed by atoms with Crippen molar-refractivity contribution in [3.63, 3.8) is 0 Å². The van der Waals surface area contributed by atoms with Crippen molar-refractivity contribution in [2.45, 2.75) is 25.1 Å². The Morgan fingerprint density at radius 1 is 1.08 bits per heavy atom. The molecule has 0 unspecified atom stereocenters. The third-order valence-electron chi connectivity index (χ3n) is 3.70. The number of aryl methyl sites for hydroxylation is 3. The summed E-state index contributed by atoms with van der Waals surface area (Å²) in [6, 6.07) is 13.9. The molecular weight excluding hydrogens is 364 g/mol. The summed E-state index contributed by atoms with van der Waals surface area (Å²) >= 11 is 2.82. The Morgan fingerprint density at radius 2 is 1.77 bits per heavy atom. The second kappa shape index (κ2) is 8.33. The molecule has 7 heteroatoms. The van der Waals surface area contributed by atoms with Crippen LogP contribution in [0.25, 0.3) is 0 Å². The van der Waals surface area contributed by atoms with Gasteiger partial charge in [0.2, 0.25) is 11.0 Å². The van der Waals surface area contributed by atoms with Crippen LogP contribution in [0.5, 0.6) is 0 Å². The zero-order chi connectivity index (χ0) is 18.5. The van der Waals surface area contributed by atoms with Gasteiger partial charge >= 0.3 is 0 Å². The van der Waals surface area contributed by atoms with E-state index in [1.54, 1.807) is 0 Å². The van der Waals surface area contributed by atoms with Gasteiger partial charge in [-0.3, -0.25) is 4.79 Å². The van der Waals surface area contributed by atoms with E-state index in [-0.39, 0.29) is 5.91 Å². The molecule has 0 radical (unpaired) electrons. The zero-order valence-corrected chi connectivity index (χ0v) is 16.5. The van der Waals surface area contributed by atoms with E-state index < -0.39 is 0 Å². The van der Waals surface area contributed by atoms with E-state index in [4.69, 9.17) is 0 Å². The summed E-state index contributed by atoms with van der Waals surface area (Å²) in [5.74, 6) is 0.255. The van der Waals surface area contributed by atoms with Crippen molar-refractivity contribution in [2.75, 3.05) is 16.4 Å². The van der Waals surface area contributed by atoms with Gasteiger partial charge in [-0.15, -0.1) is 10.2 Å². The molecular formula is C19H20N4OS2.